The molecule has 0 aromatic heterocycles. The number of carboxylic acid groups (broad SMARTS) is 1. The van der Waals surface area contributed by atoms with Crippen LogP contribution in [-0.4, -0.2) is 64.2 Å². The molecule has 1 fully saturated rings. The normalized spacial score (nSPS) is 41.5. The lowest BCUT2D eigenvalue weighted by molar-refractivity contribution is -0.295. The molecule has 1 saturated heterocycles. The minimum atomic E-state index is -1.92. The van der Waals surface area contributed by atoms with Crippen molar-refractivity contribution in [2.45, 2.75) is 30.5 Å². The second-order valence-electron chi connectivity index (χ2n) is 3.44. The van der Waals surface area contributed by atoms with Crippen LogP contribution in [0.3, 0.4) is 0 Å². The molecule has 7 nitrogen and oxygen atoms in total. The van der Waals surface area contributed by atoms with Gasteiger partial charge in [-0.05, 0) is 0 Å². The summed E-state index contributed by atoms with van der Waals surface area (Å²) in [7, 11) is 1.20. The van der Waals surface area contributed by atoms with Gasteiger partial charge in [-0.3, -0.25) is 0 Å². The minimum Gasteiger partial charge on any atom is -0.479 e. The molecule has 4 N–H and O–H groups in total. The van der Waals surface area contributed by atoms with Gasteiger partial charge < -0.3 is 29.9 Å². The number of carbonyl (C=O) groups is 1. The number of hydrogen-bond donors (Lipinski definition) is 4. The van der Waals surface area contributed by atoms with Gasteiger partial charge in [-0.2, -0.15) is 0 Å². The van der Waals surface area contributed by atoms with Crippen molar-refractivity contribution in [2.24, 2.45) is 0 Å². The van der Waals surface area contributed by atoms with Crippen LogP contribution in [0.5, 0.6) is 0 Å². The summed E-state index contributed by atoms with van der Waals surface area (Å²) in [5, 5.41) is 36.6. The van der Waals surface area contributed by atoms with Gasteiger partial charge in [0.15, 0.2) is 11.9 Å². The third-order valence-electron chi connectivity index (χ3n) is 2.43. The molecule has 0 aromatic rings. The number of hydrogen-bond acceptors (Lipinski definition) is 6. The van der Waals surface area contributed by atoms with Crippen molar-refractivity contribution in [3.8, 4) is 0 Å². The molecule has 15 heavy (non-hydrogen) atoms. The van der Waals surface area contributed by atoms with Crippen LogP contribution in [0.2, 0.25) is 0 Å². The maximum atomic E-state index is 10.9. The van der Waals surface area contributed by atoms with Crippen LogP contribution in [0, 0.1) is 0 Å². The summed E-state index contributed by atoms with van der Waals surface area (Å²) in [6.45, 7) is -0.800. The van der Waals surface area contributed by atoms with E-state index in [1.54, 1.807) is 0 Å². The van der Waals surface area contributed by atoms with Crippen LogP contribution < -0.4 is 0 Å². The van der Waals surface area contributed by atoms with Crippen molar-refractivity contribution in [1.29, 1.82) is 0 Å². The summed E-state index contributed by atoms with van der Waals surface area (Å²) in [6.07, 6.45) is -4.29. The van der Waals surface area contributed by atoms with Gasteiger partial charge in [-0.15, -0.1) is 0 Å². The first-order valence-electron chi connectivity index (χ1n) is 4.38. The highest BCUT2D eigenvalue weighted by Gasteiger charge is 2.51. The second kappa shape index (κ2) is 4.42. The number of aliphatic carboxylic acids is 1. The average molecular weight is 222 g/mol. The standard InChI is InChI=1S/C8H14O7/c1-14-6-5(11)4(10)2-8(3-9,15-6)7(12)13/h4-6,9-11H,2-3H2,1H3,(H,12,13). The molecule has 0 aliphatic carbocycles. The number of aliphatic hydroxyl groups excluding tert-OH is 3. The molecule has 0 bridgehead atoms. The average Bonchev–Trinajstić information content (AvgIpc) is 2.21. The van der Waals surface area contributed by atoms with E-state index in [0.717, 1.165) is 0 Å². The molecule has 1 rings (SSSR count). The third kappa shape index (κ3) is 2.11. The Bertz CT molecular complexity index is 243. The van der Waals surface area contributed by atoms with Gasteiger partial charge in [-0.25, -0.2) is 4.79 Å². The summed E-state index contributed by atoms with van der Waals surface area (Å²) in [4.78, 5) is 10.9. The van der Waals surface area contributed by atoms with Crippen LogP contribution >= 0.6 is 0 Å². The lowest BCUT2D eigenvalue weighted by Gasteiger charge is -2.41. The van der Waals surface area contributed by atoms with Crippen molar-refractivity contribution in [1.82, 2.24) is 0 Å². The van der Waals surface area contributed by atoms with Crippen molar-refractivity contribution in [2.75, 3.05) is 13.7 Å². The Kier molecular flexibility index (Phi) is 3.63. The van der Waals surface area contributed by atoms with Crippen LogP contribution in [0.1, 0.15) is 6.42 Å². The fourth-order valence-corrected chi connectivity index (χ4v) is 1.47. The Hall–Kier alpha value is -0.730. The Morgan fingerprint density at radius 1 is 1.60 bits per heavy atom. The molecule has 1 aliphatic rings. The Balaban J connectivity index is 2.89. The maximum absolute atomic E-state index is 10.9. The van der Waals surface area contributed by atoms with Crippen molar-refractivity contribution in [3.05, 3.63) is 0 Å². The van der Waals surface area contributed by atoms with E-state index in [4.69, 9.17) is 14.9 Å². The molecule has 0 aromatic carbocycles. The molecule has 0 amide bonds. The first-order valence-corrected chi connectivity index (χ1v) is 4.38. The molecule has 1 aliphatic heterocycles. The molecule has 0 saturated carbocycles. The lowest BCUT2D eigenvalue weighted by Crippen LogP contribution is -2.60. The summed E-state index contributed by atoms with van der Waals surface area (Å²) < 4.78 is 9.61. The first-order chi connectivity index (χ1) is 6.96. The molecule has 0 radical (unpaired) electrons. The van der Waals surface area contributed by atoms with E-state index in [9.17, 15) is 15.0 Å². The highest BCUT2D eigenvalue weighted by Crippen LogP contribution is 2.29. The topological polar surface area (TPSA) is 116 Å². The van der Waals surface area contributed by atoms with E-state index in [1.807, 2.05) is 0 Å². The number of rotatable bonds is 3. The molecule has 4 atom stereocenters. The van der Waals surface area contributed by atoms with E-state index in [0.29, 0.717) is 0 Å². The SMILES string of the molecule is COC1OC(CO)(C(=O)O)CC(O)C1O. The predicted octanol–water partition coefficient (Wildman–Crippen LogP) is -2.08. The maximum Gasteiger partial charge on any atom is 0.338 e. The fraction of sp³-hybridized carbons (Fsp3) is 0.875. The summed E-state index contributed by atoms with van der Waals surface area (Å²) in [6, 6.07) is 0. The lowest BCUT2D eigenvalue weighted by atomic mass is 9.90. The predicted molar refractivity (Wildman–Crippen MR) is 46.0 cm³/mol. The zero-order valence-electron chi connectivity index (χ0n) is 8.16. The Labute approximate surface area is 85.9 Å². The smallest absolute Gasteiger partial charge is 0.338 e. The molecule has 88 valence electrons. The van der Waals surface area contributed by atoms with E-state index >= 15 is 0 Å². The molecule has 1 heterocycles. The van der Waals surface area contributed by atoms with Gasteiger partial charge in [0.25, 0.3) is 0 Å². The van der Waals surface area contributed by atoms with Crippen LogP contribution in [0.4, 0.5) is 0 Å². The largest absolute Gasteiger partial charge is 0.479 e. The fourth-order valence-electron chi connectivity index (χ4n) is 1.47. The van der Waals surface area contributed by atoms with Crippen molar-refractivity contribution < 1.29 is 34.7 Å². The quantitative estimate of drug-likeness (QED) is 0.433. The van der Waals surface area contributed by atoms with Gasteiger partial charge in [0.1, 0.15) is 6.10 Å². The number of ether oxygens (including phenoxy) is 2. The summed E-state index contributed by atoms with van der Waals surface area (Å²) in [5.74, 6) is -1.40. The minimum absolute atomic E-state index is 0.389. The molecular weight excluding hydrogens is 208 g/mol. The molecular formula is C8H14O7. The zero-order chi connectivity index (χ0) is 11.6. The third-order valence-corrected chi connectivity index (χ3v) is 2.43. The summed E-state index contributed by atoms with van der Waals surface area (Å²) >= 11 is 0. The summed E-state index contributed by atoms with van der Waals surface area (Å²) in [5.41, 5.74) is -1.92. The van der Waals surface area contributed by atoms with Crippen molar-refractivity contribution >= 4 is 5.97 Å². The van der Waals surface area contributed by atoms with E-state index < -0.39 is 36.7 Å². The van der Waals surface area contributed by atoms with Crippen LogP contribution in [0.15, 0.2) is 0 Å². The van der Waals surface area contributed by atoms with Gasteiger partial charge in [0, 0.05) is 13.5 Å². The Morgan fingerprint density at radius 2 is 2.20 bits per heavy atom. The Morgan fingerprint density at radius 3 is 2.60 bits per heavy atom. The number of aliphatic hydroxyl groups is 3. The molecule has 7 heteroatoms. The van der Waals surface area contributed by atoms with Gasteiger partial charge in [0.05, 0.1) is 12.7 Å². The van der Waals surface area contributed by atoms with Crippen LogP contribution in [0.25, 0.3) is 0 Å². The van der Waals surface area contributed by atoms with E-state index in [-0.39, 0.29) is 6.42 Å². The monoisotopic (exact) mass is 222 g/mol. The van der Waals surface area contributed by atoms with E-state index in [2.05, 4.69) is 4.74 Å². The molecule has 0 spiro atoms. The molecule has 4 unspecified atom stereocenters. The van der Waals surface area contributed by atoms with Gasteiger partial charge in [-0.1, -0.05) is 0 Å². The highest BCUT2D eigenvalue weighted by atomic mass is 16.7. The highest BCUT2D eigenvalue weighted by molar-refractivity contribution is 5.78. The number of carboxylic acids is 1. The zero-order valence-corrected chi connectivity index (χ0v) is 8.16. The van der Waals surface area contributed by atoms with Crippen LogP contribution in [-0.2, 0) is 14.3 Å². The second-order valence-corrected chi connectivity index (χ2v) is 3.44. The first kappa shape index (κ1) is 12.3. The van der Waals surface area contributed by atoms with Crippen molar-refractivity contribution in [3.63, 3.8) is 0 Å². The van der Waals surface area contributed by atoms with Gasteiger partial charge >= 0.3 is 5.97 Å². The van der Waals surface area contributed by atoms with Gasteiger partial charge in [0.2, 0.25) is 0 Å². The number of methoxy groups -OCH3 is 1. The van der Waals surface area contributed by atoms with E-state index in [1.165, 1.54) is 7.11 Å².